The van der Waals surface area contributed by atoms with Gasteiger partial charge in [-0.1, -0.05) is 43.3 Å². The number of hydrogen-bond donors (Lipinski definition) is 1. The number of methoxy groups -OCH3 is 1. The molecule has 0 saturated carbocycles. The predicted octanol–water partition coefficient (Wildman–Crippen LogP) is 2.85. The van der Waals surface area contributed by atoms with Gasteiger partial charge in [0.05, 0.1) is 6.61 Å². The maximum absolute atomic E-state index is 5.53. The van der Waals surface area contributed by atoms with Crippen molar-refractivity contribution in [3.8, 4) is 11.3 Å². The Morgan fingerprint density at radius 2 is 1.94 bits per heavy atom. The van der Waals surface area contributed by atoms with Crippen LogP contribution in [0.4, 0.5) is 5.82 Å². The molecule has 0 aliphatic carbocycles. The lowest BCUT2D eigenvalue weighted by molar-refractivity contribution is 0.146. The first-order valence-electron chi connectivity index (χ1n) is 5.85. The Balaban J connectivity index is 2.25. The average Bonchev–Trinajstić information content (AvgIpc) is 2.76. The molecule has 4 nitrogen and oxygen atoms in total. The summed E-state index contributed by atoms with van der Waals surface area (Å²) in [6.45, 7) is 4.98. The fourth-order valence-electron chi connectivity index (χ4n) is 1.95. The third-order valence-electron chi connectivity index (χ3n) is 2.98. The summed E-state index contributed by atoms with van der Waals surface area (Å²) in [6, 6.07) is 9.88. The molecule has 0 radical (unpaired) electrons. The van der Waals surface area contributed by atoms with E-state index in [-0.39, 0.29) is 5.41 Å². The zero-order chi connectivity index (χ0) is 13.2. The van der Waals surface area contributed by atoms with Gasteiger partial charge in [-0.3, -0.25) is 0 Å². The maximum atomic E-state index is 5.53. The number of benzene rings is 1. The van der Waals surface area contributed by atoms with Crippen molar-refractivity contribution < 1.29 is 9.26 Å². The summed E-state index contributed by atoms with van der Waals surface area (Å²) in [5.41, 5.74) is 7.72. The van der Waals surface area contributed by atoms with Crippen LogP contribution in [-0.4, -0.2) is 18.9 Å². The highest BCUT2D eigenvalue weighted by molar-refractivity contribution is 5.60. The van der Waals surface area contributed by atoms with Gasteiger partial charge in [0.25, 0.3) is 0 Å². The van der Waals surface area contributed by atoms with Gasteiger partial charge in [0, 0.05) is 24.2 Å². The molecule has 0 spiro atoms. The van der Waals surface area contributed by atoms with Gasteiger partial charge in [0.15, 0.2) is 11.6 Å². The van der Waals surface area contributed by atoms with Gasteiger partial charge in [-0.2, -0.15) is 0 Å². The van der Waals surface area contributed by atoms with Gasteiger partial charge in [-0.05, 0) is 5.56 Å². The molecule has 1 heterocycles. The highest BCUT2D eigenvalue weighted by Crippen LogP contribution is 2.27. The molecule has 0 atom stereocenters. The van der Waals surface area contributed by atoms with Crippen LogP contribution in [0.25, 0.3) is 11.3 Å². The molecule has 1 aromatic heterocycles. The number of ether oxygens (including phenoxy) is 1. The lowest BCUT2D eigenvalue weighted by Crippen LogP contribution is -2.23. The van der Waals surface area contributed by atoms with Crippen LogP contribution >= 0.6 is 0 Å². The van der Waals surface area contributed by atoms with Gasteiger partial charge < -0.3 is 15.0 Å². The van der Waals surface area contributed by atoms with Crippen LogP contribution in [0.15, 0.2) is 34.9 Å². The molecule has 4 heteroatoms. The van der Waals surface area contributed by atoms with E-state index in [0.29, 0.717) is 18.2 Å². The smallest absolute Gasteiger partial charge is 0.169 e. The van der Waals surface area contributed by atoms with Crippen LogP contribution < -0.4 is 5.73 Å². The molecule has 0 fully saturated rings. The first kappa shape index (κ1) is 12.6. The van der Waals surface area contributed by atoms with E-state index in [1.807, 2.05) is 12.1 Å². The highest BCUT2D eigenvalue weighted by atomic mass is 16.5. The molecular weight excluding hydrogens is 228 g/mol. The molecule has 0 aliphatic heterocycles. The van der Waals surface area contributed by atoms with Crippen LogP contribution in [0.5, 0.6) is 0 Å². The van der Waals surface area contributed by atoms with Crippen molar-refractivity contribution in [2.24, 2.45) is 0 Å². The topological polar surface area (TPSA) is 61.3 Å². The van der Waals surface area contributed by atoms with Gasteiger partial charge in [-0.25, -0.2) is 0 Å². The van der Waals surface area contributed by atoms with Crippen LogP contribution in [0.2, 0.25) is 0 Å². The number of nitrogens with zero attached hydrogens (tertiary/aromatic N) is 1. The fraction of sp³-hybridized carbons (Fsp3) is 0.357. The molecule has 0 aliphatic rings. The number of hydrogen-bond acceptors (Lipinski definition) is 4. The van der Waals surface area contributed by atoms with Crippen molar-refractivity contribution in [1.29, 1.82) is 0 Å². The van der Waals surface area contributed by atoms with E-state index in [0.717, 1.165) is 5.56 Å². The second kappa shape index (κ2) is 4.82. The van der Waals surface area contributed by atoms with E-state index in [1.54, 1.807) is 13.2 Å². The molecule has 0 saturated heterocycles. The standard InChI is InChI=1S/C14H18N2O2/c1-14(2,9-17-3)11-6-4-10(5-7-11)12-8-13(15)16-18-12/h4-8H,9H2,1-3H3,(H2,15,16). The molecule has 2 rings (SSSR count). The number of anilines is 1. The summed E-state index contributed by atoms with van der Waals surface area (Å²) in [7, 11) is 1.72. The van der Waals surface area contributed by atoms with Gasteiger partial charge in [0.1, 0.15) is 0 Å². The number of aromatic nitrogens is 1. The molecule has 0 amide bonds. The average molecular weight is 246 g/mol. The normalized spacial score (nSPS) is 11.7. The Hall–Kier alpha value is -1.81. The zero-order valence-electron chi connectivity index (χ0n) is 10.9. The summed E-state index contributed by atoms with van der Waals surface area (Å²) in [4.78, 5) is 0. The first-order valence-corrected chi connectivity index (χ1v) is 5.85. The second-order valence-electron chi connectivity index (χ2n) is 5.01. The molecule has 0 unspecified atom stereocenters. The quantitative estimate of drug-likeness (QED) is 0.901. The zero-order valence-corrected chi connectivity index (χ0v) is 10.9. The van der Waals surface area contributed by atoms with E-state index >= 15 is 0 Å². The summed E-state index contributed by atoms with van der Waals surface area (Å²) in [5, 5.41) is 3.68. The first-order chi connectivity index (χ1) is 8.53. The maximum Gasteiger partial charge on any atom is 0.169 e. The van der Waals surface area contributed by atoms with E-state index in [4.69, 9.17) is 15.0 Å². The third-order valence-corrected chi connectivity index (χ3v) is 2.98. The lowest BCUT2D eigenvalue weighted by Gasteiger charge is -2.24. The van der Waals surface area contributed by atoms with Gasteiger partial charge in [-0.15, -0.1) is 0 Å². The van der Waals surface area contributed by atoms with Crippen LogP contribution in [0.1, 0.15) is 19.4 Å². The van der Waals surface area contributed by atoms with E-state index in [1.165, 1.54) is 5.56 Å². The molecule has 2 N–H and O–H groups in total. The summed E-state index contributed by atoms with van der Waals surface area (Å²) >= 11 is 0. The summed E-state index contributed by atoms with van der Waals surface area (Å²) in [5.74, 6) is 1.08. The minimum atomic E-state index is -0.00623. The van der Waals surface area contributed by atoms with Crippen LogP contribution in [0, 0.1) is 0 Å². The minimum Gasteiger partial charge on any atom is -0.384 e. The van der Waals surface area contributed by atoms with E-state index in [2.05, 4.69) is 31.1 Å². The SMILES string of the molecule is COCC(C)(C)c1ccc(-c2cc(N)no2)cc1. The van der Waals surface area contributed by atoms with Crippen LogP contribution in [-0.2, 0) is 10.2 Å². The van der Waals surface area contributed by atoms with Crippen molar-refractivity contribution >= 4 is 5.82 Å². The molecule has 96 valence electrons. The Labute approximate surface area is 107 Å². The molecular formula is C14H18N2O2. The van der Waals surface area contributed by atoms with Gasteiger partial charge >= 0.3 is 0 Å². The van der Waals surface area contributed by atoms with Crippen molar-refractivity contribution in [2.45, 2.75) is 19.3 Å². The lowest BCUT2D eigenvalue weighted by atomic mass is 9.85. The largest absolute Gasteiger partial charge is 0.384 e. The Kier molecular flexibility index (Phi) is 3.39. The molecule has 0 bridgehead atoms. The van der Waals surface area contributed by atoms with E-state index < -0.39 is 0 Å². The minimum absolute atomic E-state index is 0.00623. The number of nitrogen functional groups attached to an aromatic ring is 1. The summed E-state index contributed by atoms with van der Waals surface area (Å²) < 4.78 is 10.4. The Bertz CT molecular complexity index is 515. The van der Waals surface area contributed by atoms with Crippen LogP contribution in [0.3, 0.4) is 0 Å². The van der Waals surface area contributed by atoms with Crippen molar-refractivity contribution in [3.05, 3.63) is 35.9 Å². The fourth-order valence-corrected chi connectivity index (χ4v) is 1.95. The van der Waals surface area contributed by atoms with Gasteiger partial charge in [0.2, 0.25) is 0 Å². The number of nitrogens with two attached hydrogens (primary N) is 1. The van der Waals surface area contributed by atoms with Crippen molar-refractivity contribution in [1.82, 2.24) is 5.16 Å². The molecule has 1 aromatic carbocycles. The Morgan fingerprint density at radius 1 is 1.28 bits per heavy atom. The number of rotatable bonds is 4. The van der Waals surface area contributed by atoms with E-state index in [9.17, 15) is 0 Å². The summed E-state index contributed by atoms with van der Waals surface area (Å²) in [6.07, 6.45) is 0. The highest BCUT2D eigenvalue weighted by Gasteiger charge is 2.20. The van der Waals surface area contributed by atoms with Crippen molar-refractivity contribution in [3.63, 3.8) is 0 Å². The molecule has 2 aromatic rings. The molecule has 18 heavy (non-hydrogen) atoms. The monoisotopic (exact) mass is 246 g/mol. The predicted molar refractivity (Wildman–Crippen MR) is 71.3 cm³/mol. The third kappa shape index (κ3) is 2.54. The second-order valence-corrected chi connectivity index (χ2v) is 5.01. The van der Waals surface area contributed by atoms with Crippen molar-refractivity contribution in [2.75, 3.05) is 19.5 Å². The Morgan fingerprint density at radius 3 is 2.44 bits per heavy atom.